The zero-order valence-corrected chi connectivity index (χ0v) is 10.7. The summed E-state index contributed by atoms with van der Waals surface area (Å²) in [5, 5.41) is 0.824. The van der Waals surface area contributed by atoms with E-state index < -0.39 is 0 Å². The minimum atomic E-state index is 0.636. The van der Waals surface area contributed by atoms with E-state index in [1.807, 2.05) is 12.1 Å². The molecule has 0 aliphatic carbocycles. The number of hydrogen-bond acceptors (Lipinski definition) is 1. The second-order valence-corrected chi connectivity index (χ2v) is 5.01. The van der Waals surface area contributed by atoms with Crippen molar-refractivity contribution in [1.82, 2.24) is 4.90 Å². The van der Waals surface area contributed by atoms with Crippen LogP contribution in [0, 0.1) is 0 Å². The minimum Gasteiger partial charge on any atom is -0.297 e. The van der Waals surface area contributed by atoms with Crippen LogP contribution in [-0.2, 0) is 0 Å². The van der Waals surface area contributed by atoms with Crippen molar-refractivity contribution in [2.75, 3.05) is 13.1 Å². The molecule has 0 unspecified atom stereocenters. The molecule has 0 bridgehead atoms. The molecule has 1 aliphatic heterocycles. The van der Waals surface area contributed by atoms with Gasteiger partial charge in [-0.3, -0.25) is 4.90 Å². The Morgan fingerprint density at radius 1 is 1.31 bits per heavy atom. The van der Waals surface area contributed by atoms with Crippen LogP contribution in [0.25, 0.3) is 5.57 Å². The minimum absolute atomic E-state index is 0.636. The zero-order chi connectivity index (χ0) is 11.5. The monoisotopic (exact) mass is 235 g/mol. The fourth-order valence-electron chi connectivity index (χ4n) is 2.10. The highest BCUT2D eigenvalue weighted by atomic mass is 35.5. The number of benzene rings is 1. The summed E-state index contributed by atoms with van der Waals surface area (Å²) in [5.41, 5.74) is 2.70. The summed E-state index contributed by atoms with van der Waals surface area (Å²) < 4.78 is 0. The number of halogens is 1. The van der Waals surface area contributed by atoms with Crippen LogP contribution in [0.5, 0.6) is 0 Å². The second kappa shape index (κ2) is 5.03. The predicted octanol–water partition coefficient (Wildman–Crippen LogP) is 3.84. The zero-order valence-electron chi connectivity index (χ0n) is 9.91. The van der Waals surface area contributed by atoms with E-state index in [2.05, 4.69) is 37.0 Å². The molecule has 0 fully saturated rings. The molecule has 1 nitrogen and oxygen atoms in total. The van der Waals surface area contributed by atoms with Crippen molar-refractivity contribution in [2.24, 2.45) is 0 Å². The molecule has 1 aliphatic rings. The highest BCUT2D eigenvalue weighted by Crippen LogP contribution is 2.25. The maximum Gasteiger partial charge on any atom is 0.0412 e. The quantitative estimate of drug-likeness (QED) is 0.753. The fraction of sp³-hybridized carbons (Fsp3) is 0.429. The summed E-state index contributed by atoms with van der Waals surface area (Å²) in [7, 11) is 0. The maximum atomic E-state index is 6.01. The van der Waals surface area contributed by atoms with Crippen molar-refractivity contribution in [2.45, 2.75) is 26.3 Å². The van der Waals surface area contributed by atoms with Crippen molar-refractivity contribution < 1.29 is 0 Å². The lowest BCUT2D eigenvalue weighted by molar-refractivity contribution is 0.245. The van der Waals surface area contributed by atoms with E-state index in [1.54, 1.807) is 0 Å². The van der Waals surface area contributed by atoms with Crippen LogP contribution < -0.4 is 0 Å². The number of rotatable bonds is 2. The summed E-state index contributed by atoms with van der Waals surface area (Å²) in [6.45, 7) is 6.70. The molecule has 0 saturated heterocycles. The normalized spacial score (nSPS) is 17.6. The molecular weight excluding hydrogens is 218 g/mol. The molecule has 2 rings (SSSR count). The van der Waals surface area contributed by atoms with Crippen LogP contribution >= 0.6 is 11.6 Å². The first-order valence-corrected chi connectivity index (χ1v) is 6.23. The first kappa shape index (κ1) is 11.7. The lowest BCUT2D eigenvalue weighted by Crippen LogP contribution is -2.34. The lowest BCUT2D eigenvalue weighted by atomic mass is 9.99. The maximum absolute atomic E-state index is 6.01. The molecule has 0 atom stereocenters. The van der Waals surface area contributed by atoms with Crippen molar-refractivity contribution in [1.29, 1.82) is 0 Å². The molecule has 0 amide bonds. The van der Waals surface area contributed by atoms with Crippen molar-refractivity contribution in [3.05, 3.63) is 40.9 Å². The first-order valence-electron chi connectivity index (χ1n) is 5.86. The van der Waals surface area contributed by atoms with Crippen molar-refractivity contribution in [3.8, 4) is 0 Å². The molecule has 1 aromatic carbocycles. The molecule has 0 radical (unpaired) electrons. The molecule has 0 saturated carbocycles. The van der Waals surface area contributed by atoms with E-state index in [1.165, 1.54) is 11.1 Å². The molecule has 86 valence electrons. The Bertz CT molecular complexity index is 395. The Morgan fingerprint density at radius 3 is 2.69 bits per heavy atom. The average Bonchev–Trinajstić information content (AvgIpc) is 2.29. The van der Waals surface area contributed by atoms with Crippen LogP contribution in [0.1, 0.15) is 25.8 Å². The van der Waals surface area contributed by atoms with Gasteiger partial charge in [-0.15, -0.1) is 0 Å². The van der Waals surface area contributed by atoms with Gasteiger partial charge in [0.25, 0.3) is 0 Å². The molecule has 16 heavy (non-hydrogen) atoms. The van der Waals surface area contributed by atoms with Gasteiger partial charge >= 0.3 is 0 Å². The Kier molecular flexibility index (Phi) is 3.67. The van der Waals surface area contributed by atoms with Crippen LogP contribution in [0.15, 0.2) is 30.3 Å². The first-order chi connectivity index (χ1) is 7.66. The predicted molar refractivity (Wildman–Crippen MR) is 70.8 cm³/mol. The molecule has 1 heterocycles. The van der Waals surface area contributed by atoms with Gasteiger partial charge in [-0.2, -0.15) is 0 Å². The summed E-state index contributed by atoms with van der Waals surface area (Å²) in [4.78, 5) is 2.48. The van der Waals surface area contributed by atoms with Gasteiger partial charge in [0.05, 0.1) is 0 Å². The van der Waals surface area contributed by atoms with Crippen molar-refractivity contribution >= 4 is 17.2 Å². The Hall–Kier alpha value is -0.790. The standard InChI is InChI=1S/C14H18ClN/c1-11(2)16-8-6-12(7-9-16)13-4-3-5-14(15)10-13/h3-6,10-11H,7-9H2,1-2H3. The number of hydrogen-bond donors (Lipinski definition) is 0. The molecule has 2 heteroatoms. The average molecular weight is 236 g/mol. The molecule has 0 spiro atoms. The van der Waals surface area contributed by atoms with E-state index in [0.29, 0.717) is 6.04 Å². The summed E-state index contributed by atoms with van der Waals surface area (Å²) in [6, 6.07) is 8.78. The van der Waals surface area contributed by atoms with E-state index in [0.717, 1.165) is 24.5 Å². The second-order valence-electron chi connectivity index (χ2n) is 4.58. The van der Waals surface area contributed by atoms with Gasteiger partial charge in [0.2, 0.25) is 0 Å². The Morgan fingerprint density at radius 2 is 2.12 bits per heavy atom. The van der Waals surface area contributed by atoms with E-state index in [-0.39, 0.29) is 0 Å². The lowest BCUT2D eigenvalue weighted by Gasteiger charge is -2.29. The summed E-state index contributed by atoms with van der Waals surface area (Å²) in [6.07, 6.45) is 3.45. The highest BCUT2D eigenvalue weighted by Gasteiger charge is 2.14. The third-order valence-corrected chi connectivity index (χ3v) is 3.40. The van der Waals surface area contributed by atoms with E-state index >= 15 is 0 Å². The van der Waals surface area contributed by atoms with Gasteiger partial charge in [-0.25, -0.2) is 0 Å². The molecule has 0 N–H and O–H groups in total. The van der Waals surface area contributed by atoms with Gasteiger partial charge in [-0.05, 0) is 43.5 Å². The van der Waals surface area contributed by atoms with Crippen LogP contribution in [0.2, 0.25) is 5.02 Å². The molecule has 0 aromatic heterocycles. The van der Waals surface area contributed by atoms with Gasteiger partial charge in [0, 0.05) is 24.2 Å². The van der Waals surface area contributed by atoms with Crippen LogP contribution in [-0.4, -0.2) is 24.0 Å². The van der Waals surface area contributed by atoms with Crippen LogP contribution in [0.3, 0.4) is 0 Å². The molecular formula is C14H18ClN. The van der Waals surface area contributed by atoms with Gasteiger partial charge in [0.15, 0.2) is 0 Å². The Balaban J connectivity index is 2.13. The topological polar surface area (TPSA) is 3.24 Å². The van der Waals surface area contributed by atoms with Gasteiger partial charge in [-0.1, -0.05) is 29.8 Å². The SMILES string of the molecule is CC(C)N1CC=C(c2cccc(Cl)c2)CC1. The van der Waals surface area contributed by atoms with E-state index in [9.17, 15) is 0 Å². The summed E-state index contributed by atoms with van der Waals surface area (Å²) in [5.74, 6) is 0. The largest absolute Gasteiger partial charge is 0.297 e. The van der Waals surface area contributed by atoms with Gasteiger partial charge < -0.3 is 0 Å². The van der Waals surface area contributed by atoms with Crippen LogP contribution in [0.4, 0.5) is 0 Å². The fourth-order valence-corrected chi connectivity index (χ4v) is 2.29. The number of nitrogens with zero attached hydrogens (tertiary/aromatic N) is 1. The smallest absolute Gasteiger partial charge is 0.0412 e. The third kappa shape index (κ3) is 2.66. The molecule has 1 aromatic rings. The Labute approximate surface area is 103 Å². The van der Waals surface area contributed by atoms with E-state index in [4.69, 9.17) is 11.6 Å². The highest BCUT2D eigenvalue weighted by molar-refractivity contribution is 6.30. The summed E-state index contributed by atoms with van der Waals surface area (Å²) >= 11 is 6.01. The van der Waals surface area contributed by atoms with Gasteiger partial charge in [0.1, 0.15) is 0 Å². The van der Waals surface area contributed by atoms with Crippen molar-refractivity contribution in [3.63, 3.8) is 0 Å². The third-order valence-electron chi connectivity index (χ3n) is 3.17.